The van der Waals surface area contributed by atoms with E-state index in [-0.39, 0.29) is 34.9 Å². The molecule has 0 radical (unpaired) electrons. The van der Waals surface area contributed by atoms with Gasteiger partial charge in [-0.1, -0.05) is 23.8 Å². The quantitative estimate of drug-likeness (QED) is 0.382. The number of hydrogen-bond acceptors (Lipinski definition) is 7. The fourth-order valence-electron chi connectivity index (χ4n) is 4.46. The monoisotopic (exact) mass is 522 g/mol. The second kappa shape index (κ2) is 10.2. The molecule has 0 bridgehead atoms. The third-order valence-corrected chi connectivity index (χ3v) is 8.09. The fraction of sp³-hybridized carbons (Fsp3) is 0.269. The molecule has 1 aliphatic rings. The minimum Gasteiger partial charge on any atom is -0.376 e. The Balaban J connectivity index is 1.29. The number of nitrogens with zero attached hydrogens (tertiary/aromatic N) is 4. The molecule has 192 valence electrons. The second-order valence-electron chi connectivity index (χ2n) is 9.08. The Morgan fingerprint density at radius 3 is 2.73 bits per heavy atom. The van der Waals surface area contributed by atoms with Gasteiger partial charge in [-0.15, -0.1) is 0 Å². The van der Waals surface area contributed by atoms with E-state index in [1.807, 2.05) is 6.92 Å². The lowest BCUT2D eigenvalue weighted by atomic mass is 10.1. The normalized spacial score (nSPS) is 16.1. The molecule has 1 amide bonds. The summed E-state index contributed by atoms with van der Waals surface area (Å²) in [5.74, 6) is 0.0651. The number of hydrogen-bond donors (Lipinski definition) is 2. The summed E-state index contributed by atoms with van der Waals surface area (Å²) in [6, 6.07) is 14.3. The van der Waals surface area contributed by atoms with Crippen LogP contribution in [0.5, 0.6) is 0 Å². The van der Waals surface area contributed by atoms with Crippen LogP contribution in [0.1, 0.15) is 18.4 Å². The van der Waals surface area contributed by atoms with Crippen molar-refractivity contribution in [3.05, 3.63) is 78.5 Å². The number of benzene rings is 2. The minimum atomic E-state index is -3.83. The number of aryl methyl sites for hydroxylation is 1. The van der Waals surface area contributed by atoms with Crippen molar-refractivity contribution >= 4 is 38.5 Å². The summed E-state index contributed by atoms with van der Waals surface area (Å²) in [4.78, 5) is 23.3. The van der Waals surface area contributed by atoms with Gasteiger partial charge in [0.05, 0.1) is 16.8 Å². The molecule has 9 nitrogen and oxygen atoms in total. The van der Waals surface area contributed by atoms with Crippen LogP contribution in [0.25, 0.3) is 11.0 Å². The summed E-state index contributed by atoms with van der Waals surface area (Å²) in [5.41, 5.74) is 1.80. The Morgan fingerprint density at radius 2 is 1.95 bits per heavy atom. The maximum atomic E-state index is 13.4. The summed E-state index contributed by atoms with van der Waals surface area (Å²) >= 11 is 0. The summed E-state index contributed by atoms with van der Waals surface area (Å²) in [7, 11) is -3.83. The van der Waals surface area contributed by atoms with Gasteiger partial charge in [-0.25, -0.2) is 26.7 Å². The van der Waals surface area contributed by atoms with Gasteiger partial charge in [-0.2, -0.15) is 0 Å². The van der Waals surface area contributed by atoms with E-state index in [2.05, 4.69) is 20.6 Å². The van der Waals surface area contributed by atoms with Gasteiger partial charge in [0.2, 0.25) is 5.91 Å². The average Bonchev–Trinajstić information content (AvgIpc) is 3.34. The molecule has 1 fully saturated rings. The Bertz CT molecular complexity index is 1540. The molecule has 1 saturated heterocycles. The van der Waals surface area contributed by atoms with Gasteiger partial charge in [0.15, 0.2) is 5.65 Å². The van der Waals surface area contributed by atoms with Gasteiger partial charge in [0, 0.05) is 31.0 Å². The third-order valence-electron chi connectivity index (χ3n) is 6.41. The molecule has 0 aliphatic carbocycles. The van der Waals surface area contributed by atoms with Crippen LogP contribution in [-0.4, -0.2) is 58.8 Å². The molecule has 2 aromatic heterocycles. The minimum absolute atomic E-state index is 0.0631. The van der Waals surface area contributed by atoms with Crippen LogP contribution in [0, 0.1) is 12.7 Å². The first-order valence-corrected chi connectivity index (χ1v) is 13.4. The zero-order valence-corrected chi connectivity index (χ0v) is 21.1. The number of carbonyl (C=O) groups is 1. The van der Waals surface area contributed by atoms with Crippen LogP contribution in [-0.2, 0) is 14.8 Å². The average molecular weight is 523 g/mol. The molecule has 11 heteroatoms. The van der Waals surface area contributed by atoms with Crippen molar-refractivity contribution in [1.29, 1.82) is 0 Å². The zero-order valence-electron chi connectivity index (χ0n) is 20.3. The number of amides is 1. The van der Waals surface area contributed by atoms with Crippen molar-refractivity contribution < 1.29 is 17.6 Å². The van der Waals surface area contributed by atoms with Crippen LogP contribution < -0.4 is 10.6 Å². The predicted octanol–water partition coefficient (Wildman–Crippen LogP) is 3.63. The summed E-state index contributed by atoms with van der Waals surface area (Å²) in [5, 5.41) is 6.93. The van der Waals surface area contributed by atoms with Crippen LogP contribution in [0.3, 0.4) is 0 Å². The molecular weight excluding hydrogens is 495 g/mol. The van der Waals surface area contributed by atoms with Crippen molar-refractivity contribution in [3.63, 3.8) is 0 Å². The summed E-state index contributed by atoms with van der Waals surface area (Å²) in [6.45, 7) is 3.06. The van der Waals surface area contributed by atoms with Gasteiger partial charge in [-0.3, -0.25) is 4.79 Å². The third kappa shape index (κ3) is 5.26. The van der Waals surface area contributed by atoms with Crippen LogP contribution in [0.15, 0.2) is 72.0 Å². The number of likely N-dealkylation sites (tertiary alicyclic amines) is 1. The lowest BCUT2D eigenvalue weighted by Gasteiger charge is -2.33. The summed E-state index contributed by atoms with van der Waals surface area (Å²) in [6.07, 6.45) is 4.45. The number of carbonyl (C=O) groups excluding carboxylic acids is 1. The van der Waals surface area contributed by atoms with Gasteiger partial charge in [0.25, 0.3) is 10.0 Å². The van der Waals surface area contributed by atoms with Crippen molar-refractivity contribution in [1.82, 2.24) is 18.8 Å². The highest BCUT2D eigenvalue weighted by Gasteiger charge is 2.26. The van der Waals surface area contributed by atoms with E-state index in [1.165, 1.54) is 24.7 Å². The first kappa shape index (κ1) is 24.7. The number of aromatic nitrogens is 3. The molecule has 0 saturated carbocycles. The molecule has 5 rings (SSSR count). The highest BCUT2D eigenvalue weighted by molar-refractivity contribution is 7.90. The fourth-order valence-corrected chi connectivity index (χ4v) is 5.77. The van der Waals surface area contributed by atoms with Crippen LogP contribution in [0.2, 0.25) is 0 Å². The zero-order chi connectivity index (χ0) is 26.0. The van der Waals surface area contributed by atoms with E-state index < -0.39 is 10.0 Å². The molecule has 37 heavy (non-hydrogen) atoms. The van der Waals surface area contributed by atoms with E-state index in [0.29, 0.717) is 30.0 Å². The van der Waals surface area contributed by atoms with Crippen molar-refractivity contribution in [3.8, 4) is 0 Å². The molecule has 3 heterocycles. The molecule has 2 N–H and O–H groups in total. The van der Waals surface area contributed by atoms with E-state index in [0.717, 1.165) is 22.4 Å². The smallest absolute Gasteiger partial charge is 0.269 e. The maximum Gasteiger partial charge on any atom is 0.269 e. The topological polar surface area (TPSA) is 109 Å². The predicted molar refractivity (Wildman–Crippen MR) is 139 cm³/mol. The van der Waals surface area contributed by atoms with E-state index in [4.69, 9.17) is 0 Å². The second-order valence-corrected chi connectivity index (χ2v) is 10.9. The molecule has 4 aromatic rings. The van der Waals surface area contributed by atoms with Gasteiger partial charge in [-0.05, 0) is 56.2 Å². The Hall–Kier alpha value is -3.99. The van der Waals surface area contributed by atoms with E-state index in [9.17, 15) is 17.6 Å². The molecular formula is C26H27FN6O3S. The van der Waals surface area contributed by atoms with Crippen molar-refractivity contribution in [2.24, 2.45) is 0 Å². The number of halogens is 1. The number of anilines is 2. The first-order valence-electron chi connectivity index (χ1n) is 12.0. The standard InChI is InChI=1S/C26H27FN6O3S/c1-18-7-9-22(10-8-18)37(35,36)33-13-11-23-25(29-17-30-26(23)33)31-21-6-3-12-32(16-21)24(34)15-28-20-5-2-4-19(27)14-20/h2,4-5,7-11,13-14,17,21,28H,3,6,12,15-16H2,1H3,(H,29,30,31). The van der Waals surface area contributed by atoms with Gasteiger partial charge in [0.1, 0.15) is 18.0 Å². The maximum absolute atomic E-state index is 13.4. The number of fused-ring (bicyclic) bond motifs is 1. The van der Waals surface area contributed by atoms with Crippen LogP contribution >= 0.6 is 0 Å². The van der Waals surface area contributed by atoms with Crippen LogP contribution in [0.4, 0.5) is 15.9 Å². The number of piperidine rings is 1. The van der Waals surface area contributed by atoms with Crippen molar-refractivity contribution in [2.75, 3.05) is 30.3 Å². The molecule has 1 aliphatic heterocycles. The van der Waals surface area contributed by atoms with E-state index in [1.54, 1.807) is 47.4 Å². The molecule has 1 unspecified atom stereocenters. The molecule has 0 spiro atoms. The molecule has 1 atom stereocenters. The van der Waals surface area contributed by atoms with Gasteiger partial charge < -0.3 is 15.5 Å². The first-order chi connectivity index (χ1) is 17.8. The van der Waals surface area contributed by atoms with Gasteiger partial charge >= 0.3 is 0 Å². The van der Waals surface area contributed by atoms with E-state index >= 15 is 0 Å². The van der Waals surface area contributed by atoms with Crippen molar-refractivity contribution in [2.45, 2.75) is 30.7 Å². The Labute approximate surface area is 214 Å². The highest BCUT2D eigenvalue weighted by atomic mass is 32.2. The Kier molecular flexibility index (Phi) is 6.79. The lowest BCUT2D eigenvalue weighted by molar-refractivity contribution is -0.130. The largest absolute Gasteiger partial charge is 0.376 e. The number of nitrogens with one attached hydrogen (secondary N) is 2. The Morgan fingerprint density at radius 1 is 1.14 bits per heavy atom. The number of rotatable bonds is 7. The highest BCUT2D eigenvalue weighted by Crippen LogP contribution is 2.26. The lowest BCUT2D eigenvalue weighted by Crippen LogP contribution is -2.47. The SMILES string of the molecule is Cc1ccc(S(=O)(=O)n2ccc3c(NC4CCCN(C(=O)CNc5cccc(F)c5)C4)ncnc32)cc1. The molecule has 2 aromatic carbocycles. The summed E-state index contributed by atoms with van der Waals surface area (Å²) < 4.78 is 41.0.